The first-order valence-electron chi connectivity index (χ1n) is 20.5. The van der Waals surface area contributed by atoms with Gasteiger partial charge in [0.05, 0.1) is 5.69 Å². The van der Waals surface area contributed by atoms with Crippen molar-refractivity contribution < 1.29 is 0 Å². The van der Waals surface area contributed by atoms with Gasteiger partial charge < -0.3 is 4.90 Å². The fourth-order valence-corrected chi connectivity index (χ4v) is 9.75. The second-order valence-corrected chi connectivity index (χ2v) is 16.4. The Hall–Kier alpha value is -7.52. The zero-order valence-electron chi connectivity index (χ0n) is 32.9. The molecule has 1 nitrogen and oxygen atoms in total. The molecule has 0 fully saturated rings. The van der Waals surface area contributed by atoms with Crippen LogP contribution in [0, 0.1) is 0 Å². The van der Waals surface area contributed by atoms with Crippen molar-refractivity contribution >= 4 is 59.3 Å². The summed E-state index contributed by atoms with van der Waals surface area (Å²) < 4.78 is 2.65. The van der Waals surface area contributed by atoms with E-state index in [9.17, 15) is 0 Å². The Kier molecular flexibility index (Phi) is 9.11. The van der Waals surface area contributed by atoms with E-state index in [-0.39, 0.29) is 0 Å². The van der Waals surface area contributed by atoms with Gasteiger partial charge in [-0.3, -0.25) is 0 Å². The topological polar surface area (TPSA) is 3.24 Å². The van der Waals surface area contributed by atoms with Gasteiger partial charge in [-0.2, -0.15) is 0 Å². The maximum Gasteiger partial charge on any atom is 0.0540 e. The number of nitrogens with zero attached hydrogens (tertiary/aromatic N) is 1. The first-order valence-corrected chi connectivity index (χ1v) is 21.3. The molecule has 2 heteroatoms. The highest BCUT2D eigenvalue weighted by Crippen LogP contribution is 2.43. The molecule has 10 aromatic carbocycles. The standard InChI is InChI=1S/C58H39NS/c1-2-12-40(13-3-1)41-24-26-45(27-25-41)53-19-6-8-22-56(53)59(50-35-30-43(31-36-50)47-32-37-58-55(39-47)54-20-7-9-23-57(54)60-58)49-33-28-42(29-34-49)46-16-10-17-48(38-46)52-21-11-15-44-14-4-5-18-51(44)52/h1-39H. The molecule has 0 saturated heterocycles. The van der Waals surface area contributed by atoms with Crippen LogP contribution < -0.4 is 4.90 Å². The molecule has 0 saturated carbocycles. The van der Waals surface area contributed by atoms with Crippen molar-refractivity contribution in [2.75, 3.05) is 4.90 Å². The van der Waals surface area contributed by atoms with Gasteiger partial charge in [-0.05, 0) is 115 Å². The zero-order chi connectivity index (χ0) is 39.8. The van der Waals surface area contributed by atoms with Gasteiger partial charge in [-0.1, -0.05) is 182 Å². The normalized spacial score (nSPS) is 11.3. The number of rotatable bonds is 8. The molecule has 11 aromatic rings. The van der Waals surface area contributed by atoms with Crippen molar-refractivity contribution in [3.63, 3.8) is 0 Å². The molecule has 0 aliphatic heterocycles. The van der Waals surface area contributed by atoms with E-state index in [0.717, 1.165) is 17.1 Å². The van der Waals surface area contributed by atoms with Crippen LogP contribution in [0.3, 0.4) is 0 Å². The number of anilines is 3. The third-order valence-corrected chi connectivity index (χ3v) is 12.9. The van der Waals surface area contributed by atoms with Crippen LogP contribution in [0.5, 0.6) is 0 Å². The van der Waals surface area contributed by atoms with Crippen molar-refractivity contribution in [3.05, 3.63) is 237 Å². The van der Waals surface area contributed by atoms with E-state index in [1.54, 1.807) is 0 Å². The van der Waals surface area contributed by atoms with E-state index in [1.807, 2.05) is 11.3 Å². The molecule has 282 valence electrons. The molecular formula is C58H39NS. The molecule has 0 radical (unpaired) electrons. The van der Waals surface area contributed by atoms with Gasteiger partial charge in [0.25, 0.3) is 0 Å². The van der Waals surface area contributed by atoms with Gasteiger partial charge in [0.2, 0.25) is 0 Å². The Bertz CT molecular complexity index is 3280. The van der Waals surface area contributed by atoms with Crippen LogP contribution in [0.25, 0.3) is 86.6 Å². The lowest BCUT2D eigenvalue weighted by atomic mass is 9.95. The predicted molar refractivity (Wildman–Crippen MR) is 259 cm³/mol. The fraction of sp³-hybridized carbons (Fsp3) is 0. The Morgan fingerprint density at radius 3 is 1.53 bits per heavy atom. The number of hydrogen-bond acceptors (Lipinski definition) is 2. The lowest BCUT2D eigenvalue weighted by Crippen LogP contribution is -2.11. The monoisotopic (exact) mass is 781 g/mol. The first-order chi connectivity index (χ1) is 29.7. The summed E-state index contributed by atoms with van der Waals surface area (Å²) in [6, 6.07) is 86.1. The molecular weight excluding hydrogens is 743 g/mol. The summed E-state index contributed by atoms with van der Waals surface area (Å²) in [6.07, 6.45) is 0. The summed E-state index contributed by atoms with van der Waals surface area (Å²) in [6.45, 7) is 0. The number of fused-ring (bicyclic) bond motifs is 4. The molecule has 60 heavy (non-hydrogen) atoms. The molecule has 0 bridgehead atoms. The van der Waals surface area contributed by atoms with Gasteiger partial charge in [-0.25, -0.2) is 0 Å². The van der Waals surface area contributed by atoms with Crippen molar-refractivity contribution in [3.8, 4) is 55.6 Å². The van der Waals surface area contributed by atoms with Gasteiger partial charge in [0.1, 0.15) is 0 Å². The summed E-state index contributed by atoms with van der Waals surface area (Å²) in [4.78, 5) is 2.40. The third-order valence-electron chi connectivity index (χ3n) is 11.7. The van der Waals surface area contributed by atoms with Crippen LogP contribution >= 0.6 is 11.3 Å². The van der Waals surface area contributed by atoms with E-state index >= 15 is 0 Å². The number of hydrogen-bond donors (Lipinski definition) is 0. The molecule has 0 atom stereocenters. The van der Waals surface area contributed by atoms with Crippen molar-refractivity contribution in [1.82, 2.24) is 0 Å². The summed E-state index contributed by atoms with van der Waals surface area (Å²) in [5.74, 6) is 0. The average Bonchev–Trinajstić information content (AvgIpc) is 3.71. The Morgan fingerprint density at radius 1 is 0.267 bits per heavy atom. The van der Waals surface area contributed by atoms with E-state index in [0.29, 0.717) is 0 Å². The molecule has 0 amide bonds. The fourth-order valence-electron chi connectivity index (χ4n) is 8.67. The van der Waals surface area contributed by atoms with Gasteiger partial charge in [0, 0.05) is 37.1 Å². The summed E-state index contributed by atoms with van der Waals surface area (Å²) in [5, 5.41) is 5.15. The SMILES string of the molecule is c1ccc(-c2ccc(-c3ccccc3N(c3ccc(-c4cccc(-c5cccc6ccccc56)c4)cc3)c3ccc(-c4ccc5sc6ccccc6c5c4)cc3)cc2)cc1. The summed E-state index contributed by atoms with van der Waals surface area (Å²) >= 11 is 1.86. The predicted octanol–water partition coefficient (Wildman–Crippen LogP) is 17.0. The number of benzene rings is 10. The van der Waals surface area contributed by atoms with Crippen LogP contribution in [0.1, 0.15) is 0 Å². The maximum atomic E-state index is 2.40. The van der Waals surface area contributed by atoms with Crippen molar-refractivity contribution in [1.29, 1.82) is 0 Å². The van der Waals surface area contributed by atoms with Gasteiger partial charge >= 0.3 is 0 Å². The van der Waals surface area contributed by atoms with E-state index in [1.165, 1.54) is 86.6 Å². The quantitative estimate of drug-likeness (QED) is 0.148. The van der Waals surface area contributed by atoms with Crippen LogP contribution in [0.2, 0.25) is 0 Å². The average molecular weight is 782 g/mol. The minimum absolute atomic E-state index is 1.09. The van der Waals surface area contributed by atoms with Crippen LogP contribution in [-0.4, -0.2) is 0 Å². The smallest absolute Gasteiger partial charge is 0.0540 e. The minimum atomic E-state index is 1.09. The maximum absolute atomic E-state index is 2.40. The highest BCUT2D eigenvalue weighted by Gasteiger charge is 2.18. The molecule has 0 unspecified atom stereocenters. The minimum Gasteiger partial charge on any atom is -0.310 e. The molecule has 0 aliphatic rings. The van der Waals surface area contributed by atoms with E-state index in [2.05, 4.69) is 241 Å². The first kappa shape index (κ1) is 35.6. The van der Waals surface area contributed by atoms with Crippen LogP contribution in [0.4, 0.5) is 17.1 Å². The Labute approximate surface area is 354 Å². The zero-order valence-corrected chi connectivity index (χ0v) is 33.7. The van der Waals surface area contributed by atoms with Gasteiger partial charge in [-0.15, -0.1) is 11.3 Å². The van der Waals surface area contributed by atoms with Crippen LogP contribution in [-0.2, 0) is 0 Å². The molecule has 0 aliphatic carbocycles. The van der Waals surface area contributed by atoms with E-state index < -0.39 is 0 Å². The summed E-state index contributed by atoms with van der Waals surface area (Å²) in [5.41, 5.74) is 15.3. The second kappa shape index (κ2) is 15.3. The van der Waals surface area contributed by atoms with Crippen molar-refractivity contribution in [2.24, 2.45) is 0 Å². The van der Waals surface area contributed by atoms with E-state index in [4.69, 9.17) is 0 Å². The van der Waals surface area contributed by atoms with Crippen LogP contribution in [0.15, 0.2) is 237 Å². The largest absolute Gasteiger partial charge is 0.310 e. The van der Waals surface area contributed by atoms with Crippen molar-refractivity contribution in [2.45, 2.75) is 0 Å². The highest BCUT2D eigenvalue weighted by molar-refractivity contribution is 7.25. The molecule has 1 aromatic heterocycles. The van der Waals surface area contributed by atoms with Gasteiger partial charge in [0.15, 0.2) is 0 Å². The number of para-hydroxylation sites is 1. The molecule has 1 heterocycles. The summed E-state index contributed by atoms with van der Waals surface area (Å²) in [7, 11) is 0. The highest BCUT2D eigenvalue weighted by atomic mass is 32.1. The number of thiophene rings is 1. The Balaban J connectivity index is 0.987. The molecule has 0 N–H and O–H groups in total. The third kappa shape index (κ3) is 6.63. The Morgan fingerprint density at radius 2 is 0.750 bits per heavy atom. The second-order valence-electron chi connectivity index (χ2n) is 15.3. The lowest BCUT2D eigenvalue weighted by Gasteiger charge is -2.28. The molecule has 0 spiro atoms. The lowest BCUT2D eigenvalue weighted by molar-refractivity contribution is 1.28. The molecule has 11 rings (SSSR count).